The quantitative estimate of drug-likeness (QED) is 0.633. The highest BCUT2D eigenvalue weighted by atomic mass is 19.1. The Morgan fingerprint density at radius 1 is 1.28 bits per heavy atom. The van der Waals surface area contributed by atoms with Crippen molar-refractivity contribution in [2.45, 2.75) is 57.4 Å². The molecule has 3 saturated carbocycles. The van der Waals surface area contributed by atoms with Gasteiger partial charge in [-0.2, -0.15) is 0 Å². The number of rotatable bonds is 2. The van der Waals surface area contributed by atoms with Gasteiger partial charge in [-0.1, -0.05) is 19.9 Å². The molecular weight excluding hydrogens is 379 g/mol. The molecule has 0 amide bonds. The van der Waals surface area contributed by atoms with Gasteiger partial charge in [0.2, 0.25) is 0 Å². The molecule has 0 aromatic heterocycles. The van der Waals surface area contributed by atoms with Gasteiger partial charge in [0.1, 0.15) is 12.2 Å². The number of carbonyl (C=O) groups excluding carboxylic acids is 3. The van der Waals surface area contributed by atoms with E-state index in [0.717, 1.165) is 6.08 Å². The summed E-state index contributed by atoms with van der Waals surface area (Å²) in [5.41, 5.74) is -6.71. The van der Waals surface area contributed by atoms with Gasteiger partial charge < -0.3 is 15.3 Å². The zero-order chi connectivity index (χ0) is 21.6. The summed E-state index contributed by atoms with van der Waals surface area (Å²) in [6, 6.07) is 0. The maximum Gasteiger partial charge on any atom is 0.190 e. The van der Waals surface area contributed by atoms with Crippen molar-refractivity contribution in [1.29, 1.82) is 0 Å². The van der Waals surface area contributed by atoms with Gasteiger partial charge in [0, 0.05) is 23.3 Å². The third kappa shape index (κ3) is 2.13. The topological polar surface area (TPSA) is 112 Å². The Bertz CT molecular complexity index is 879. The molecule has 3 N–H and O–H groups in total. The molecular formula is C22H27FO6. The number of hydrogen-bond acceptors (Lipinski definition) is 6. The zero-order valence-electron chi connectivity index (χ0n) is 16.8. The lowest BCUT2D eigenvalue weighted by molar-refractivity contribution is -0.218. The summed E-state index contributed by atoms with van der Waals surface area (Å²) in [6.07, 6.45) is 2.11. The van der Waals surface area contributed by atoms with Crippen LogP contribution in [-0.4, -0.2) is 56.6 Å². The number of aliphatic hydroxyl groups excluding tert-OH is 2. The Kier molecular flexibility index (Phi) is 4.20. The first-order valence-corrected chi connectivity index (χ1v) is 10.1. The summed E-state index contributed by atoms with van der Waals surface area (Å²) in [5, 5.41) is 31.9. The molecule has 0 aromatic rings. The van der Waals surface area contributed by atoms with Crippen LogP contribution in [0.4, 0.5) is 4.39 Å². The average molecular weight is 406 g/mol. The second-order valence-electron chi connectivity index (χ2n) is 9.73. The Morgan fingerprint density at radius 3 is 2.55 bits per heavy atom. The smallest absolute Gasteiger partial charge is 0.190 e. The number of alkyl halides is 1. The largest absolute Gasteiger partial charge is 0.390 e. The number of ketones is 3. The van der Waals surface area contributed by atoms with Gasteiger partial charge in [-0.15, -0.1) is 0 Å². The first-order valence-electron chi connectivity index (χ1n) is 10.1. The summed E-state index contributed by atoms with van der Waals surface area (Å²) < 4.78 is 16.9. The molecule has 29 heavy (non-hydrogen) atoms. The van der Waals surface area contributed by atoms with Crippen molar-refractivity contribution in [2.75, 3.05) is 6.61 Å². The van der Waals surface area contributed by atoms with Crippen LogP contribution >= 0.6 is 0 Å². The molecule has 0 aliphatic heterocycles. The second-order valence-corrected chi connectivity index (χ2v) is 9.73. The molecule has 0 saturated heterocycles. The van der Waals surface area contributed by atoms with E-state index in [9.17, 15) is 29.7 Å². The van der Waals surface area contributed by atoms with Crippen molar-refractivity contribution in [1.82, 2.24) is 0 Å². The fourth-order valence-corrected chi connectivity index (χ4v) is 7.09. The van der Waals surface area contributed by atoms with Gasteiger partial charge in [-0.25, -0.2) is 4.39 Å². The Labute approximate surface area is 168 Å². The molecule has 158 valence electrons. The van der Waals surface area contributed by atoms with Crippen LogP contribution < -0.4 is 0 Å². The summed E-state index contributed by atoms with van der Waals surface area (Å²) >= 11 is 0. The molecule has 8 atom stereocenters. The van der Waals surface area contributed by atoms with Crippen LogP contribution in [0, 0.1) is 28.6 Å². The number of hydrogen-bond donors (Lipinski definition) is 3. The van der Waals surface area contributed by atoms with Crippen molar-refractivity contribution in [3.05, 3.63) is 23.8 Å². The van der Waals surface area contributed by atoms with E-state index in [1.807, 2.05) is 0 Å². The van der Waals surface area contributed by atoms with Crippen LogP contribution in [0.1, 0.15) is 40.0 Å². The van der Waals surface area contributed by atoms with E-state index in [4.69, 9.17) is 0 Å². The molecule has 4 rings (SSSR count). The van der Waals surface area contributed by atoms with Crippen LogP contribution in [0.25, 0.3) is 0 Å². The Balaban J connectivity index is 1.88. The lowest BCUT2D eigenvalue weighted by atomic mass is 9.44. The fourth-order valence-electron chi connectivity index (χ4n) is 7.09. The molecule has 7 heteroatoms. The normalized spacial score (nSPS) is 51.2. The highest BCUT2D eigenvalue weighted by Gasteiger charge is 2.76. The van der Waals surface area contributed by atoms with Crippen LogP contribution in [0.15, 0.2) is 23.8 Å². The predicted octanol–water partition coefficient (Wildman–Crippen LogP) is 1.07. The number of fused-ring (bicyclic) bond motifs is 5. The van der Waals surface area contributed by atoms with E-state index in [1.165, 1.54) is 19.1 Å². The van der Waals surface area contributed by atoms with E-state index < -0.39 is 58.3 Å². The first-order chi connectivity index (χ1) is 13.4. The second kappa shape index (κ2) is 5.93. The molecule has 0 bridgehead atoms. The zero-order valence-corrected chi connectivity index (χ0v) is 16.8. The predicted molar refractivity (Wildman–Crippen MR) is 100 cm³/mol. The number of allylic oxidation sites excluding steroid dienone is 4. The summed E-state index contributed by atoms with van der Waals surface area (Å²) in [7, 11) is 0. The highest BCUT2D eigenvalue weighted by molar-refractivity contribution is 6.10. The van der Waals surface area contributed by atoms with E-state index in [0.29, 0.717) is 6.42 Å². The van der Waals surface area contributed by atoms with Crippen LogP contribution in [0.2, 0.25) is 0 Å². The highest BCUT2D eigenvalue weighted by Crippen LogP contribution is 2.70. The number of carbonyl (C=O) groups is 3. The molecule has 0 heterocycles. The third-order valence-corrected chi connectivity index (χ3v) is 8.63. The maximum absolute atomic E-state index is 16.9. The van der Waals surface area contributed by atoms with Gasteiger partial charge in [-0.3, -0.25) is 14.4 Å². The molecule has 0 unspecified atom stereocenters. The Hall–Kier alpha value is -1.70. The number of halogens is 1. The van der Waals surface area contributed by atoms with Crippen molar-refractivity contribution in [3.63, 3.8) is 0 Å². The minimum absolute atomic E-state index is 0.0687. The van der Waals surface area contributed by atoms with E-state index in [2.05, 4.69) is 0 Å². The minimum atomic E-state index is -2.22. The van der Waals surface area contributed by atoms with Gasteiger partial charge in [0.25, 0.3) is 0 Å². The summed E-state index contributed by atoms with van der Waals surface area (Å²) in [6.45, 7) is 4.01. The monoisotopic (exact) mass is 406 g/mol. The van der Waals surface area contributed by atoms with Crippen molar-refractivity contribution < 1.29 is 34.1 Å². The lowest BCUT2D eigenvalue weighted by Gasteiger charge is -2.62. The molecule has 0 aromatic carbocycles. The molecule has 4 aliphatic rings. The van der Waals surface area contributed by atoms with Gasteiger partial charge in [0.15, 0.2) is 23.0 Å². The van der Waals surface area contributed by atoms with Crippen LogP contribution in [0.5, 0.6) is 0 Å². The number of aliphatic hydroxyl groups is 3. The average Bonchev–Trinajstić information content (AvgIpc) is 2.86. The molecule has 0 spiro atoms. The molecule has 6 nitrogen and oxygen atoms in total. The molecule has 4 aliphatic carbocycles. The molecule has 3 fully saturated rings. The Morgan fingerprint density at radius 2 is 1.93 bits per heavy atom. The van der Waals surface area contributed by atoms with Crippen molar-refractivity contribution >= 4 is 17.3 Å². The van der Waals surface area contributed by atoms with Gasteiger partial charge in [0.05, 0.1) is 11.5 Å². The SMILES string of the molecule is C[C@@H]1C[C@H]2[C@@H]3CC(=O)C4=CC(=O)C=C[C@]4(C)[C@@]3(F)[C@@H](O)C[C@]2(C)[C@@]1(O)C(=O)CO. The fraction of sp³-hybridized carbons (Fsp3) is 0.682. The van der Waals surface area contributed by atoms with Gasteiger partial charge in [-0.05, 0) is 43.8 Å². The van der Waals surface area contributed by atoms with Crippen molar-refractivity contribution in [3.8, 4) is 0 Å². The van der Waals surface area contributed by atoms with Crippen LogP contribution in [-0.2, 0) is 14.4 Å². The summed E-state index contributed by atoms with van der Waals surface area (Å²) in [4.78, 5) is 37.3. The summed E-state index contributed by atoms with van der Waals surface area (Å²) in [5.74, 6) is -3.51. The van der Waals surface area contributed by atoms with Crippen LogP contribution in [0.3, 0.4) is 0 Å². The van der Waals surface area contributed by atoms with E-state index in [-0.39, 0.29) is 30.0 Å². The van der Waals surface area contributed by atoms with E-state index in [1.54, 1.807) is 13.8 Å². The first kappa shape index (κ1) is 20.6. The maximum atomic E-state index is 16.9. The van der Waals surface area contributed by atoms with E-state index >= 15 is 4.39 Å². The molecule has 0 radical (unpaired) electrons. The third-order valence-electron chi connectivity index (χ3n) is 8.63. The lowest BCUT2D eigenvalue weighted by Crippen LogP contribution is -2.70. The van der Waals surface area contributed by atoms with Gasteiger partial charge >= 0.3 is 0 Å². The minimum Gasteiger partial charge on any atom is -0.390 e. The standard InChI is InChI=1S/C22H27FO6/c1-11-6-13-14-8-16(26)15-7-12(25)4-5-19(15,2)21(14,23)17(27)9-20(13,3)22(11,29)18(28)10-24/h4-5,7,11,13-14,17,24,27,29H,6,8-10H2,1-3H3/t11-,13+,14+,17+,19+,20+,21+,22+/m1/s1. The number of Topliss-reactive ketones (excluding diaryl/α,β-unsaturated/α-hetero) is 2. The van der Waals surface area contributed by atoms with Crippen molar-refractivity contribution in [2.24, 2.45) is 28.6 Å².